The summed E-state index contributed by atoms with van der Waals surface area (Å²) in [6.45, 7) is 3.92. The number of hydrogen-bond acceptors (Lipinski definition) is 4. The van der Waals surface area contributed by atoms with Gasteiger partial charge in [-0.25, -0.2) is 4.98 Å². The minimum Gasteiger partial charge on any atom is -0.362 e. The highest BCUT2D eigenvalue weighted by Gasteiger charge is 2.09. The summed E-state index contributed by atoms with van der Waals surface area (Å²) in [6, 6.07) is 9.69. The van der Waals surface area contributed by atoms with Gasteiger partial charge in [-0.3, -0.25) is 4.98 Å². The Morgan fingerprint density at radius 3 is 2.83 bits per heavy atom. The fourth-order valence-corrected chi connectivity index (χ4v) is 1.68. The third kappa shape index (κ3) is 2.64. The van der Waals surface area contributed by atoms with Crippen molar-refractivity contribution in [3.8, 4) is 6.07 Å². The average Bonchev–Trinajstić information content (AvgIpc) is 2.40. The molecule has 1 atom stereocenters. The van der Waals surface area contributed by atoms with Crippen molar-refractivity contribution < 1.29 is 0 Å². The van der Waals surface area contributed by atoms with Gasteiger partial charge in [0.1, 0.15) is 11.9 Å². The van der Waals surface area contributed by atoms with Crippen LogP contribution in [-0.4, -0.2) is 9.97 Å². The third-order valence-electron chi connectivity index (χ3n) is 2.69. The van der Waals surface area contributed by atoms with E-state index in [4.69, 9.17) is 5.26 Å². The van der Waals surface area contributed by atoms with E-state index in [9.17, 15) is 0 Å². The average molecular weight is 238 g/mol. The largest absolute Gasteiger partial charge is 0.362 e. The molecule has 0 aromatic carbocycles. The maximum atomic E-state index is 9.05. The number of nitrogens with one attached hydrogen (secondary N) is 1. The van der Waals surface area contributed by atoms with Crippen LogP contribution in [0, 0.1) is 18.3 Å². The maximum absolute atomic E-state index is 9.05. The number of nitrogens with zero attached hydrogens (tertiary/aromatic N) is 3. The van der Waals surface area contributed by atoms with Crippen LogP contribution in [0.1, 0.15) is 29.8 Å². The van der Waals surface area contributed by atoms with Crippen molar-refractivity contribution in [1.82, 2.24) is 9.97 Å². The first-order chi connectivity index (χ1) is 8.70. The van der Waals surface area contributed by atoms with Gasteiger partial charge >= 0.3 is 0 Å². The number of aromatic nitrogens is 2. The number of pyridine rings is 2. The second-order valence-corrected chi connectivity index (χ2v) is 4.11. The molecule has 0 amide bonds. The van der Waals surface area contributed by atoms with Crippen molar-refractivity contribution in [2.75, 3.05) is 5.32 Å². The summed E-state index contributed by atoms with van der Waals surface area (Å²) in [7, 11) is 0. The van der Waals surface area contributed by atoms with Crippen molar-refractivity contribution in [1.29, 1.82) is 5.26 Å². The SMILES string of the molecule is Cc1ccc(C#N)c(NC(C)c2cccnc2)n1. The van der Waals surface area contributed by atoms with Gasteiger partial charge in [-0.05, 0) is 37.6 Å². The minimum atomic E-state index is 0.0556. The first-order valence-corrected chi connectivity index (χ1v) is 5.75. The first-order valence-electron chi connectivity index (χ1n) is 5.75. The van der Waals surface area contributed by atoms with Crippen LogP contribution in [0.25, 0.3) is 0 Å². The molecule has 1 unspecified atom stereocenters. The second-order valence-electron chi connectivity index (χ2n) is 4.11. The van der Waals surface area contributed by atoms with Crippen LogP contribution in [0.2, 0.25) is 0 Å². The normalized spacial score (nSPS) is 11.6. The topological polar surface area (TPSA) is 61.6 Å². The smallest absolute Gasteiger partial charge is 0.144 e. The molecule has 2 aromatic heterocycles. The summed E-state index contributed by atoms with van der Waals surface area (Å²) < 4.78 is 0. The van der Waals surface area contributed by atoms with Gasteiger partial charge in [0, 0.05) is 18.1 Å². The molecular formula is C14H14N4. The number of nitriles is 1. The molecule has 0 aliphatic rings. The van der Waals surface area contributed by atoms with Crippen LogP contribution in [0.5, 0.6) is 0 Å². The molecule has 4 nitrogen and oxygen atoms in total. The van der Waals surface area contributed by atoms with E-state index in [0.717, 1.165) is 11.3 Å². The fraction of sp³-hybridized carbons (Fsp3) is 0.214. The lowest BCUT2D eigenvalue weighted by Gasteiger charge is -2.15. The van der Waals surface area contributed by atoms with E-state index in [2.05, 4.69) is 21.4 Å². The number of rotatable bonds is 3. The molecule has 2 rings (SSSR count). The van der Waals surface area contributed by atoms with Gasteiger partial charge in [0.15, 0.2) is 0 Å². The van der Waals surface area contributed by atoms with Crippen LogP contribution in [0.15, 0.2) is 36.7 Å². The van der Waals surface area contributed by atoms with Crippen molar-refractivity contribution in [2.45, 2.75) is 19.9 Å². The number of anilines is 1. The van der Waals surface area contributed by atoms with E-state index in [1.54, 1.807) is 18.5 Å². The zero-order valence-electron chi connectivity index (χ0n) is 10.4. The van der Waals surface area contributed by atoms with Crippen LogP contribution in [-0.2, 0) is 0 Å². The van der Waals surface area contributed by atoms with Gasteiger partial charge in [-0.1, -0.05) is 6.07 Å². The molecule has 90 valence electrons. The van der Waals surface area contributed by atoms with Crippen molar-refractivity contribution in [3.63, 3.8) is 0 Å². The molecule has 1 N–H and O–H groups in total. The predicted molar refractivity (Wildman–Crippen MR) is 70.0 cm³/mol. The monoisotopic (exact) mass is 238 g/mol. The molecule has 4 heteroatoms. The second kappa shape index (κ2) is 5.28. The van der Waals surface area contributed by atoms with Crippen LogP contribution >= 0.6 is 0 Å². The Labute approximate surface area is 106 Å². The van der Waals surface area contributed by atoms with Gasteiger partial charge in [-0.2, -0.15) is 5.26 Å². The summed E-state index contributed by atoms with van der Waals surface area (Å²) in [5.41, 5.74) is 2.50. The Morgan fingerprint density at radius 1 is 1.33 bits per heavy atom. The summed E-state index contributed by atoms with van der Waals surface area (Å²) in [6.07, 6.45) is 3.54. The van der Waals surface area contributed by atoms with Gasteiger partial charge in [0.2, 0.25) is 0 Å². The lowest BCUT2D eigenvalue weighted by Crippen LogP contribution is -2.10. The lowest BCUT2D eigenvalue weighted by atomic mass is 10.1. The van der Waals surface area contributed by atoms with E-state index in [1.165, 1.54) is 0 Å². The van der Waals surface area contributed by atoms with E-state index >= 15 is 0 Å². The van der Waals surface area contributed by atoms with Crippen molar-refractivity contribution >= 4 is 5.82 Å². The quantitative estimate of drug-likeness (QED) is 0.893. The molecule has 0 aliphatic carbocycles. The van der Waals surface area contributed by atoms with Gasteiger partial charge in [0.25, 0.3) is 0 Å². The Hall–Kier alpha value is -2.41. The Bertz CT molecular complexity index is 572. The highest BCUT2D eigenvalue weighted by molar-refractivity contribution is 5.53. The van der Waals surface area contributed by atoms with Gasteiger partial charge < -0.3 is 5.32 Å². The van der Waals surface area contributed by atoms with Crippen LogP contribution in [0.4, 0.5) is 5.82 Å². The number of aryl methyl sites for hydroxylation is 1. The molecule has 0 fully saturated rings. The maximum Gasteiger partial charge on any atom is 0.144 e. The fourth-order valence-electron chi connectivity index (χ4n) is 1.68. The Morgan fingerprint density at radius 2 is 2.17 bits per heavy atom. The molecule has 0 saturated heterocycles. The molecule has 0 radical (unpaired) electrons. The van der Waals surface area contributed by atoms with Gasteiger partial charge in [-0.15, -0.1) is 0 Å². The van der Waals surface area contributed by atoms with Crippen LogP contribution in [0.3, 0.4) is 0 Å². The van der Waals surface area contributed by atoms with Crippen molar-refractivity contribution in [2.24, 2.45) is 0 Å². The zero-order valence-corrected chi connectivity index (χ0v) is 10.4. The minimum absolute atomic E-state index is 0.0556. The molecule has 0 spiro atoms. The zero-order chi connectivity index (χ0) is 13.0. The molecule has 18 heavy (non-hydrogen) atoms. The standard InChI is InChI=1S/C14H14N4/c1-10-5-6-12(8-15)14(17-10)18-11(2)13-4-3-7-16-9-13/h3-7,9,11H,1-2H3,(H,17,18). The van der Waals surface area contributed by atoms with E-state index in [-0.39, 0.29) is 6.04 Å². The summed E-state index contributed by atoms with van der Waals surface area (Å²) in [4.78, 5) is 8.44. The molecule has 2 aromatic rings. The summed E-state index contributed by atoms with van der Waals surface area (Å²) in [5.74, 6) is 0.619. The summed E-state index contributed by atoms with van der Waals surface area (Å²) >= 11 is 0. The lowest BCUT2D eigenvalue weighted by molar-refractivity contribution is 0.863. The molecular weight excluding hydrogens is 224 g/mol. The van der Waals surface area contributed by atoms with E-state index < -0.39 is 0 Å². The molecule has 0 saturated carbocycles. The van der Waals surface area contributed by atoms with Crippen molar-refractivity contribution in [3.05, 3.63) is 53.5 Å². The Kier molecular flexibility index (Phi) is 3.54. The third-order valence-corrected chi connectivity index (χ3v) is 2.69. The predicted octanol–water partition coefficient (Wildman–Crippen LogP) is 2.83. The van der Waals surface area contributed by atoms with E-state index in [0.29, 0.717) is 11.4 Å². The number of hydrogen-bond donors (Lipinski definition) is 1. The molecule has 0 bridgehead atoms. The highest BCUT2D eigenvalue weighted by Crippen LogP contribution is 2.20. The van der Waals surface area contributed by atoms with Crippen LogP contribution < -0.4 is 5.32 Å². The summed E-state index contributed by atoms with van der Waals surface area (Å²) in [5, 5.41) is 12.3. The first kappa shape index (κ1) is 12.1. The van der Waals surface area contributed by atoms with E-state index in [1.807, 2.05) is 32.0 Å². The molecule has 0 aliphatic heterocycles. The Balaban J connectivity index is 2.24. The highest BCUT2D eigenvalue weighted by atomic mass is 15.0. The molecule has 2 heterocycles. The van der Waals surface area contributed by atoms with Gasteiger partial charge in [0.05, 0.1) is 11.6 Å².